The zero-order valence-corrected chi connectivity index (χ0v) is 15.9. The van der Waals surface area contributed by atoms with E-state index < -0.39 is 10.0 Å². The molecule has 28 heavy (non-hydrogen) atoms. The molecule has 0 radical (unpaired) electrons. The molecule has 0 atom stereocenters. The number of sulfonamides is 1. The van der Waals surface area contributed by atoms with Gasteiger partial charge in [-0.1, -0.05) is 0 Å². The first-order chi connectivity index (χ1) is 13.5. The van der Waals surface area contributed by atoms with E-state index in [1.807, 2.05) is 0 Å². The van der Waals surface area contributed by atoms with Gasteiger partial charge in [-0.15, -0.1) is 0 Å². The van der Waals surface area contributed by atoms with Crippen LogP contribution in [0.2, 0.25) is 0 Å². The number of nitrogens with zero attached hydrogens (tertiary/aromatic N) is 1. The average molecular weight is 404 g/mol. The van der Waals surface area contributed by atoms with E-state index in [1.54, 1.807) is 18.2 Å². The monoisotopic (exact) mass is 404 g/mol. The maximum Gasteiger partial charge on any atom is 0.255 e. The first kappa shape index (κ1) is 18.7. The van der Waals surface area contributed by atoms with Crippen LogP contribution < -0.4 is 14.8 Å². The summed E-state index contributed by atoms with van der Waals surface area (Å²) >= 11 is 0. The van der Waals surface area contributed by atoms with Crippen molar-refractivity contribution in [3.05, 3.63) is 48.0 Å². The highest BCUT2D eigenvalue weighted by atomic mass is 32.2. The van der Waals surface area contributed by atoms with Crippen molar-refractivity contribution in [1.82, 2.24) is 4.31 Å². The van der Waals surface area contributed by atoms with E-state index >= 15 is 0 Å². The molecule has 148 valence electrons. The van der Waals surface area contributed by atoms with Crippen LogP contribution in [0.4, 0.5) is 5.69 Å². The maximum absolute atomic E-state index is 12.6. The Balaban J connectivity index is 1.47. The lowest BCUT2D eigenvalue weighted by Gasteiger charge is -2.26. The van der Waals surface area contributed by atoms with Crippen molar-refractivity contribution in [3.63, 3.8) is 0 Å². The van der Waals surface area contributed by atoms with E-state index in [1.165, 1.54) is 28.6 Å². The topological polar surface area (TPSA) is 94.2 Å². The number of fused-ring (bicyclic) bond motifs is 1. The molecule has 0 aromatic heterocycles. The Labute approximate surface area is 163 Å². The Morgan fingerprint density at radius 3 is 2.29 bits per heavy atom. The van der Waals surface area contributed by atoms with Gasteiger partial charge in [0, 0.05) is 30.4 Å². The van der Waals surface area contributed by atoms with Crippen LogP contribution >= 0.6 is 0 Å². The van der Waals surface area contributed by atoms with Crippen LogP contribution in [0.1, 0.15) is 10.4 Å². The highest BCUT2D eigenvalue weighted by Crippen LogP contribution is 2.32. The molecular formula is C19H20N2O6S. The molecule has 0 saturated carbocycles. The lowest BCUT2D eigenvalue weighted by molar-refractivity contribution is 0.0730. The van der Waals surface area contributed by atoms with Gasteiger partial charge in [0.2, 0.25) is 10.0 Å². The van der Waals surface area contributed by atoms with Gasteiger partial charge >= 0.3 is 0 Å². The van der Waals surface area contributed by atoms with E-state index in [0.717, 1.165) is 0 Å². The molecule has 0 spiro atoms. The van der Waals surface area contributed by atoms with E-state index in [9.17, 15) is 13.2 Å². The summed E-state index contributed by atoms with van der Waals surface area (Å²) < 4.78 is 42.8. The second-order valence-corrected chi connectivity index (χ2v) is 8.29. The SMILES string of the molecule is O=C(Nc1ccc2c(c1)OCCO2)c1ccc(S(=O)(=O)N2CCOCC2)cc1. The summed E-state index contributed by atoms with van der Waals surface area (Å²) in [4.78, 5) is 12.6. The van der Waals surface area contributed by atoms with Gasteiger partial charge in [0.15, 0.2) is 11.5 Å². The minimum absolute atomic E-state index is 0.158. The van der Waals surface area contributed by atoms with E-state index in [0.29, 0.717) is 62.3 Å². The first-order valence-electron chi connectivity index (χ1n) is 8.93. The van der Waals surface area contributed by atoms with Gasteiger partial charge < -0.3 is 19.5 Å². The molecule has 0 aliphatic carbocycles. The third kappa shape index (κ3) is 3.82. The number of rotatable bonds is 4. The minimum atomic E-state index is -3.58. The van der Waals surface area contributed by atoms with Crippen LogP contribution in [0.3, 0.4) is 0 Å². The summed E-state index contributed by atoms with van der Waals surface area (Å²) in [6.45, 7) is 2.38. The average Bonchev–Trinajstić information content (AvgIpc) is 2.74. The van der Waals surface area contributed by atoms with Gasteiger partial charge in [0.1, 0.15) is 13.2 Å². The molecule has 2 aromatic rings. The number of carbonyl (C=O) groups excluding carboxylic acids is 1. The predicted molar refractivity (Wildman–Crippen MR) is 101 cm³/mol. The van der Waals surface area contributed by atoms with Gasteiger partial charge in [0.05, 0.1) is 18.1 Å². The standard InChI is InChI=1S/C19H20N2O6S/c22-19(20-15-3-6-17-18(13-15)27-12-11-26-17)14-1-4-16(5-2-14)28(23,24)21-7-9-25-10-8-21/h1-6,13H,7-12H2,(H,20,22). The smallest absolute Gasteiger partial charge is 0.255 e. The number of ether oxygens (including phenoxy) is 3. The molecule has 1 N–H and O–H groups in total. The van der Waals surface area contributed by atoms with Crippen molar-refractivity contribution < 1.29 is 27.4 Å². The van der Waals surface area contributed by atoms with Crippen LogP contribution in [0.25, 0.3) is 0 Å². The van der Waals surface area contributed by atoms with Crippen molar-refractivity contribution in [2.45, 2.75) is 4.90 Å². The number of hydrogen-bond donors (Lipinski definition) is 1. The lowest BCUT2D eigenvalue weighted by atomic mass is 10.2. The van der Waals surface area contributed by atoms with Crippen LogP contribution in [-0.4, -0.2) is 58.1 Å². The Bertz CT molecular complexity index is 968. The zero-order valence-electron chi connectivity index (χ0n) is 15.1. The van der Waals surface area contributed by atoms with Crippen molar-refractivity contribution in [2.75, 3.05) is 44.8 Å². The summed E-state index contributed by atoms with van der Waals surface area (Å²) in [5, 5.41) is 2.78. The zero-order chi connectivity index (χ0) is 19.6. The molecule has 1 saturated heterocycles. The van der Waals surface area contributed by atoms with Gasteiger partial charge in [-0.05, 0) is 36.4 Å². The van der Waals surface area contributed by atoms with Gasteiger partial charge in [0.25, 0.3) is 5.91 Å². The summed E-state index contributed by atoms with van der Waals surface area (Å²) in [5.41, 5.74) is 0.926. The van der Waals surface area contributed by atoms with Gasteiger partial charge in [-0.3, -0.25) is 4.79 Å². The van der Waals surface area contributed by atoms with E-state index in [-0.39, 0.29) is 10.8 Å². The van der Waals surface area contributed by atoms with Crippen LogP contribution in [0, 0.1) is 0 Å². The molecule has 2 aliphatic rings. The second kappa shape index (κ2) is 7.78. The van der Waals surface area contributed by atoms with Crippen LogP contribution in [0.15, 0.2) is 47.4 Å². The number of anilines is 1. The lowest BCUT2D eigenvalue weighted by Crippen LogP contribution is -2.40. The molecule has 4 rings (SSSR count). The Morgan fingerprint density at radius 1 is 0.893 bits per heavy atom. The summed E-state index contributed by atoms with van der Waals surface area (Å²) in [6.07, 6.45) is 0. The highest BCUT2D eigenvalue weighted by molar-refractivity contribution is 7.89. The molecule has 1 fully saturated rings. The second-order valence-electron chi connectivity index (χ2n) is 6.35. The minimum Gasteiger partial charge on any atom is -0.486 e. The fourth-order valence-electron chi connectivity index (χ4n) is 3.04. The maximum atomic E-state index is 12.6. The van der Waals surface area contributed by atoms with Gasteiger partial charge in [-0.25, -0.2) is 8.42 Å². The number of amides is 1. The fourth-order valence-corrected chi connectivity index (χ4v) is 4.45. The first-order valence-corrected chi connectivity index (χ1v) is 10.4. The number of carbonyl (C=O) groups is 1. The van der Waals surface area contributed by atoms with Crippen molar-refractivity contribution >= 4 is 21.6 Å². The quantitative estimate of drug-likeness (QED) is 0.834. The number of hydrogen-bond acceptors (Lipinski definition) is 6. The van der Waals surface area contributed by atoms with E-state index in [2.05, 4.69) is 5.32 Å². The molecule has 2 heterocycles. The third-order valence-corrected chi connectivity index (χ3v) is 6.44. The molecule has 0 unspecified atom stereocenters. The molecule has 2 aromatic carbocycles. The molecule has 9 heteroatoms. The normalized spacial score (nSPS) is 17.1. The summed E-state index contributed by atoms with van der Waals surface area (Å²) in [6, 6.07) is 11.1. The summed E-state index contributed by atoms with van der Waals surface area (Å²) in [7, 11) is -3.58. The third-order valence-electron chi connectivity index (χ3n) is 4.52. The van der Waals surface area contributed by atoms with Gasteiger partial charge in [-0.2, -0.15) is 4.31 Å². The highest BCUT2D eigenvalue weighted by Gasteiger charge is 2.26. The number of nitrogens with one attached hydrogen (secondary N) is 1. The Morgan fingerprint density at radius 2 is 1.57 bits per heavy atom. The number of benzene rings is 2. The fraction of sp³-hybridized carbons (Fsp3) is 0.316. The molecule has 8 nitrogen and oxygen atoms in total. The van der Waals surface area contributed by atoms with Crippen LogP contribution in [-0.2, 0) is 14.8 Å². The Hall–Kier alpha value is -2.62. The van der Waals surface area contributed by atoms with Crippen molar-refractivity contribution in [2.24, 2.45) is 0 Å². The predicted octanol–water partition coefficient (Wildman–Crippen LogP) is 1.73. The molecule has 0 bridgehead atoms. The van der Waals surface area contributed by atoms with Crippen LogP contribution in [0.5, 0.6) is 11.5 Å². The Kier molecular flexibility index (Phi) is 5.21. The van der Waals surface area contributed by atoms with Crippen molar-refractivity contribution in [3.8, 4) is 11.5 Å². The largest absolute Gasteiger partial charge is 0.486 e. The molecule has 2 aliphatic heterocycles. The van der Waals surface area contributed by atoms with E-state index in [4.69, 9.17) is 14.2 Å². The number of morpholine rings is 1. The summed E-state index contributed by atoms with van der Waals surface area (Å²) in [5.74, 6) is 0.880. The molecular weight excluding hydrogens is 384 g/mol. The van der Waals surface area contributed by atoms with Crippen molar-refractivity contribution in [1.29, 1.82) is 0 Å². The molecule has 1 amide bonds.